The number of anilines is 2. The summed E-state index contributed by atoms with van der Waals surface area (Å²) < 4.78 is 28.8. The van der Waals surface area contributed by atoms with E-state index >= 15 is 0 Å². The molecule has 9 nitrogen and oxygen atoms in total. The maximum atomic E-state index is 13.1. The van der Waals surface area contributed by atoms with Crippen molar-refractivity contribution in [1.82, 2.24) is 20.2 Å². The van der Waals surface area contributed by atoms with Crippen LogP contribution in [0.1, 0.15) is 6.92 Å². The van der Waals surface area contributed by atoms with Gasteiger partial charge in [-0.2, -0.15) is 0 Å². The molecule has 11 heteroatoms. The molecular formula is C26H27ClN6O3S. The largest absolute Gasteiger partial charge is 0.337 e. The molecule has 0 radical (unpaired) electrons. The van der Waals surface area contributed by atoms with Gasteiger partial charge in [-0.15, -0.1) is 0 Å². The SMILES string of the molecule is CCN(C)CCNC(=O)Nc1ccc(S(=O)(=O)Nc2cccc(-c3ncnc4ccccc34)c2)c(Cl)c1. The Morgan fingerprint density at radius 3 is 2.59 bits per heavy atom. The molecule has 2 amide bonds. The summed E-state index contributed by atoms with van der Waals surface area (Å²) in [6.07, 6.45) is 1.48. The third-order valence-electron chi connectivity index (χ3n) is 5.73. The Morgan fingerprint density at radius 1 is 1.00 bits per heavy atom. The number of hydrogen-bond donors (Lipinski definition) is 3. The standard InChI is InChI=1S/C26H27ClN6O3S/c1-3-33(2)14-13-28-26(34)31-19-11-12-24(22(27)16-19)37(35,36)32-20-8-6-7-18(15-20)25-21-9-4-5-10-23(21)29-17-30-25/h4-12,15-17,32H,3,13-14H2,1-2H3,(H2,28,31,34). The number of aromatic nitrogens is 2. The van der Waals surface area contributed by atoms with Gasteiger partial charge in [0, 0.05) is 35.4 Å². The fourth-order valence-electron chi connectivity index (χ4n) is 3.67. The molecule has 0 aliphatic carbocycles. The van der Waals surface area contributed by atoms with Crippen molar-refractivity contribution in [3.05, 3.63) is 78.1 Å². The molecule has 3 N–H and O–H groups in total. The molecule has 0 spiro atoms. The Hall–Kier alpha value is -3.73. The Labute approximate surface area is 220 Å². The highest BCUT2D eigenvalue weighted by atomic mass is 35.5. The van der Waals surface area contributed by atoms with Gasteiger partial charge in [-0.1, -0.05) is 48.9 Å². The zero-order valence-corrected chi connectivity index (χ0v) is 22.0. The van der Waals surface area contributed by atoms with Gasteiger partial charge in [-0.25, -0.2) is 23.2 Å². The maximum Gasteiger partial charge on any atom is 0.319 e. The van der Waals surface area contributed by atoms with Gasteiger partial charge in [0.25, 0.3) is 10.0 Å². The summed E-state index contributed by atoms with van der Waals surface area (Å²) in [4.78, 5) is 22.8. The van der Waals surface area contributed by atoms with Crippen LogP contribution in [0, 0.1) is 0 Å². The van der Waals surface area contributed by atoms with Crippen molar-refractivity contribution in [1.29, 1.82) is 0 Å². The van der Waals surface area contributed by atoms with Crippen LogP contribution in [-0.4, -0.2) is 56.0 Å². The van der Waals surface area contributed by atoms with Crippen molar-refractivity contribution in [3.63, 3.8) is 0 Å². The van der Waals surface area contributed by atoms with Crippen molar-refractivity contribution in [2.75, 3.05) is 36.7 Å². The molecular weight excluding hydrogens is 512 g/mol. The second-order valence-electron chi connectivity index (χ2n) is 8.35. The summed E-state index contributed by atoms with van der Waals surface area (Å²) in [7, 11) is -2.05. The second kappa shape index (κ2) is 11.5. The Kier molecular flexibility index (Phi) is 8.22. The molecule has 1 heterocycles. The molecule has 0 saturated carbocycles. The van der Waals surface area contributed by atoms with Gasteiger partial charge in [0.05, 0.1) is 16.2 Å². The van der Waals surface area contributed by atoms with E-state index in [0.717, 1.165) is 23.0 Å². The van der Waals surface area contributed by atoms with E-state index in [1.54, 1.807) is 18.2 Å². The molecule has 0 fully saturated rings. The lowest BCUT2D eigenvalue weighted by atomic mass is 10.1. The number of nitrogens with one attached hydrogen (secondary N) is 3. The number of nitrogens with zero attached hydrogens (tertiary/aromatic N) is 3. The fraction of sp³-hybridized carbons (Fsp3) is 0.192. The maximum absolute atomic E-state index is 13.1. The van der Waals surface area contributed by atoms with Crippen LogP contribution < -0.4 is 15.4 Å². The van der Waals surface area contributed by atoms with Gasteiger partial charge < -0.3 is 15.5 Å². The van der Waals surface area contributed by atoms with Crippen LogP contribution in [0.25, 0.3) is 22.2 Å². The molecule has 4 aromatic rings. The third-order valence-corrected chi connectivity index (χ3v) is 7.59. The molecule has 4 rings (SSSR count). The number of hydrogen-bond acceptors (Lipinski definition) is 6. The summed E-state index contributed by atoms with van der Waals surface area (Å²) in [5.41, 5.74) is 2.96. The van der Waals surface area contributed by atoms with Crippen molar-refractivity contribution < 1.29 is 13.2 Å². The number of fused-ring (bicyclic) bond motifs is 1. The predicted octanol–water partition coefficient (Wildman–Crippen LogP) is 4.82. The summed E-state index contributed by atoms with van der Waals surface area (Å²) in [6.45, 7) is 4.10. The van der Waals surface area contributed by atoms with Crippen LogP contribution in [0.15, 0.2) is 78.0 Å². The highest BCUT2D eigenvalue weighted by Gasteiger charge is 2.19. The molecule has 0 aliphatic heterocycles. The number of amides is 2. The average molecular weight is 539 g/mol. The lowest BCUT2D eigenvalue weighted by Crippen LogP contribution is -2.35. The molecule has 0 unspecified atom stereocenters. The van der Waals surface area contributed by atoms with Crippen LogP contribution in [0.2, 0.25) is 5.02 Å². The second-order valence-corrected chi connectivity index (χ2v) is 10.4. The highest BCUT2D eigenvalue weighted by molar-refractivity contribution is 7.92. The van der Waals surface area contributed by atoms with E-state index in [-0.39, 0.29) is 9.92 Å². The molecule has 0 atom stereocenters. The Bertz CT molecular complexity index is 1520. The van der Waals surface area contributed by atoms with Crippen LogP contribution in [0.4, 0.5) is 16.2 Å². The van der Waals surface area contributed by atoms with E-state index < -0.39 is 16.1 Å². The monoisotopic (exact) mass is 538 g/mol. The molecule has 0 saturated heterocycles. The van der Waals surface area contributed by atoms with E-state index in [2.05, 4.69) is 30.2 Å². The number of para-hydroxylation sites is 1. The number of sulfonamides is 1. The van der Waals surface area contributed by atoms with Gasteiger partial charge in [0.2, 0.25) is 0 Å². The predicted molar refractivity (Wildman–Crippen MR) is 147 cm³/mol. The molecule has 3 aromatic carbocycles. The van der Waals surface area contributed by atoms with Gasteiger partial charge >= 0.3 is 6.03 Å². The van der Waals surface area contributed by atoms with E-state index in [1.807, 2.05) is 44.3 Å². The van der Waals surface area contributed by atoms with Gasteiger partial charge in [-0.3, -0.25) is 4.72 Å². The lowest BCUT2D eigenvalue weighted by molar-refractivity contribution is 0.250. The first-order chi connectivity index (χ1) is 17.8. The molecule has 1 aromatic heterocycles. The first kappa shape index (κ1) is 26.3. The Morgan fingerprint density at radius 2 is 1.81 bits per heavy atom. The molecule has 37 heavy (non-hydrogen) atoms. The summed E-state index contributed by atoms with van der Waals surface area (Å²) in [5.74, 6) is 0. The molecule has 192 valence electrons. The summed E-state index contributed by atoms with van der Waals surface area (Å²) >= 11 is 6.31. The zero-order chi connectivity index (χ0) is 26.4. The highest BCUT2D eigenvalue weighted by Crippen LogP contribution is 2.30. The third kappa shape index (κ3) is 6.53. The zero-order valence-electron chi connectivity index (χ0n) is 20.4. The van der Waals surface area contributed by atoms with E-state index in [1.165, 1.54) is 24.5 Å². The number of carbonyl (C=O) groups is 1. The minimum absolute atomic E-state index is 0.0195. The van der Waals surface area contributed by atoms with Crippen LogP contribution in [-0.2, 0) is 10.0 Å². The minimum Gasteiger partial charge on any atom is -0.337 e. The van der Waals surface area contributed by atoms with Crippen molar-refractivity contribution >= 4 is 49.9 Å². The fourth-order valence-corrected chi connectivity index (χ4v) is 5.26. The van der Waals surface area contributed by atoms with E-state index in [4.69, 9.17) is 11.6 Å². The first-order valence-corrected chi connectivity index (χ1v) is 13.5. The summed E-state index contributed by atoms with van der Waals surface area (Å²) in [5, 5.41) is 6.25. The lowest BCUT2D eigenvalue weighted by Gasteiger charge is -2.15. The quantitative estimate of drug-likeness (QED) is 0.281. The minimum atomic E-state index is -4.01. The van der Waals surface area contributed by atoms with E-state index in [9.17, 15) is 13.2 Å². The van der Waals surface area contributed by atoms with Crippen molar-refractivity contribution in [2.24, 2.45) is 0 Å². The van der Waals surface area contributed by atoms with Crippen molar-refractivity contribution in [2.45, 2.75) is 11.8 Å². The number of urea groups is 1. The number of benzene rings is 3. The molecule has 0 aliphatic rings. The van der Waals surface area contributed by atoms with Crippen LogP contribution in [0.5, 0.6) is 0 Å². The van der Waals surface area contributed by atoms with E-state index in [0.29, 0.717) is 30.2 Å². The number of halogens is 1. The molecule has 0 bridgehead atoms. The summed E-state index contributed by atoms with van der Waals surface area (Å²) in [6, 6.07) is 18.4. The van der Waals surface area contributed by atoms with Crippen LogP contribution in [0.3, 0.4) is 0 Å². The Balaban J connectivity index is 1.49. The number of likely N-dealkylation sites (N-methyl/N-ethyl adjacent to an activating group) is 1. The van der Waals surface area contributed by atoms with Gasteiger partial charge in [0.1, 0.15) is 11.2 Å². The smallest absolute Gasteiger partial charge is 0.319 e. The van der Waals surface area contributed by atoms with Crippen LogP contribution >= 0.6 is 11.6 Å². The first-order valence-electron chi connectivity index (χ1n) is 11.6. The number of carbonyl (C=O) groups excluding carboxylic acids is 1. The van der Waals surface area contributed by atoms with Gasteiger partial charge in [-0.05, 0) is 50.0 Å². The van der Waals surface area contributed by atoms with Crippen molar-refractivity contribution in [3.8, 4) is 11.3 Å². The normalized spacial score (nSPS) is 11.5. The van der Waals surface area contributed by atoms with Gasteiger partial charge in [0.15, 0.2) is 0 Å². The number of rotatable bonds is 9. The topological polar surface area (TPSA) is 116 Å². The average Bonchev–Trinajstić information content (AvgIpc) is 2.88.